The fourth-order valence-electron chi connectivity index (χ4n) is 3.36. The summed E-state index contributed by atoms with van der Waals surface area (Å²) in [6, 6.07) is 9.73. The summed E-state index contributed by atoms with van der Waals surface area (Å²) >= 11 is 9.75. The first-order valence-corrected chi connectivity index (χ1v) is 11.7. The molecule has 4 aromatic rings. The SMILES string of the molecule is COc1ccc(OC)c(-n2c(CBr)nc3c(sc(=S)n3-c3cccc(C(F)(F)F)c3)c2=O)c1. The summed E-state index contributed by atoms with van der Waals surface area (Å²) in [5, 5.41) is 0.184. The summed E-state index contributed by atoms with van der Waals surface area (Å²) in [7, 11) is 2.98. The standard InChI is InChI=1S/C21H15BrF3N3O3S2/c1-30-13-6-7-15(31-2)14(9-13)28-16(10-22)26-18-17(19(28)29)33-20(32)27(18)12-5-3-4-11(8-12)21(23,24)25/h3-9H,10H2,1-2H3. The van der Waals surface area contributed by atoms with Crippen LogP contribution in [-0.2, 0) is 11.5 Å². The van der Waals surface area contributed by atoms with Crippen molar-refractivity contribution in [2.75, 3.05) is 14.2 Å². The van der Waals surface area contributed by atoms with Gasteiger partial charge >= 0.3 is 6.18 Å². The minimum Gasteiger partial charge on any atom is -0.497 e. The maximum absolute atomic E-state index is 13.6. The number of hydrogen-bond acceptors (Lipinski definition) is 6. The number of aromatic nitrogens is 3. The zero-order valence-electron chi connectivity index (χ0n) is 17.1. The maximum atomic E-state index is 13.6. The second kappa shape index (κ2) is 8.92. The van der Waals surface area contributed by atoms with Gasteiger partial charge in [-0.25, -0.2) is 4.98 Å². The van der Waals surface area contributed by atoms with Gasteiger partial charge in [0.05, 0.1) is 30.8 Å². The highest BCUT2D eigenvalue weighted by molar-refractivity contribution is 9.08. The molecule has 0 saturated heterocycles. The summed E-state index contributed by atoms with van der Waals surface area (Å²) in [5.41, 5.74) is -0.484. The summed E-state index contributed by atoms with van der Waals surface area (Å²) in [4.78, 5) is 18.2. The van der Waals surface area contributed by atoms with Crippen molar-refractivity contribution in [2.24, 2.45) is 0 Å². The molecular weight excluding hydrogens is 543 g/mol. The molecule has 2 aromatic carbocycles. The molecule has 0 saturated carbocycles. The van der Waals surface area contributed by atoms with Gasteiger partial charge in [0.25, 0.3) is 5.56 Å². The largest absolute Gasteiger partial charge is 0.497 e. The van der Waals surface area contributed by atoms with Gasteiger partial charge in [0.15, 0.2) is 9.60 Å². The summed E-state index contributed by atoms with van der Waals surface area (Å²) in [5.74, 6) is 1.24. The molecule has 0 atom stereocenters. The van der Waals surface area contributed by atoms with Gasteiger partial charge in [-0.2, -0.15) is 13.2 Å². The van der Waals surface area contributed by atoms with E-state index in [1.807, 2.05) is 0 Å². The molecule has 0 amide bonds. The normalized spacial score (nSPS) is 11.7. The molecule has 4 rings (SSSR count). The predicted octanol–water partition coefficient (Wildman–Crippen LogP) is 5.90. The molecule has 2 aromatic heterocycles. The molecular formula is C21H15BrF3N3O3S2. The highest BCUT2D eigenvalue weighted by Gasteiger charge is 2.31. The third-order valence-corrected chi connectivity index (χ3v) is 6.71. The Morgan fingerprint density at radius 1 is 1.12 bits per heavy atom. The lowest BCUT2D eigenvalue weighted by atomic mass is 10.2. The lowest BCUT2D eigenvalue weighted by molar-refractivity contribution is -0.137. The number of benzene rings is 2. The monoisotopic (exact) mass is 557 g/mol. The van der Waals surface area contributed by atoms with E-state index in [9.17, 15) is 18.0 Å². The third kappa shape index (κ3) is 4.18. The highest BCUT2D eigenvalue weighted by atomic mass is 79.9. The number of hydrogen-bond donors (Lipinski definition) is 0. The molecule has 0 N–H and O–H groups in total. The molecule has 12 heteroatoms. The number of fused-ring (bicyclic) bond motifs is 1. The Morgan fingerprint density at radius 2 is 1.88 bits per heavy atom. The van der Waals surface area contributed by atoms with Crippen LogP contribution < -0.4 is 15.0 Å². The van der Waals surface area contributed by atoms with Crippen LogP contribution in [0.2, 0.25) is 0 Å². The number of methoxy groups -OCH3 is 2. The maximum Gasteiger partial charge on any atom is 0.416 e. The van der Waals surface area contributed by atoms with Crippen molar-refractivity contribution < 1.29 is 22.6 Å². The smallest absolute Gasteiger partial charge is 0.416 e. The number of alkyl halides is 4. The lowest BCUT2D eigenvalue weighted by Crippen LogP contribution is -2.23. The first kappa shape index (κ1) is 23.5. The van der Waals surface area contributed by atoms with E-state index in [0.717, 1.165) is 23.5 Å². The van der Waals surface area contributed by atoms with E-state index in [-0.39, 0.29) is 25.3 Å². The van der Waals surface area contributed by atoms with Crippen molar-refractivity contribution in [3.63, 3.8) is 0 Å². The number of rotatable bonds is 5. The van der Waals surface area contributed by atoms with Crippen LogP contribution in [0.1, 0.15) is 11.4 Å². The van der Waals surface area contributed by atoms with Crippen LogP contribution in [-0.4, -0.2) is 28.3 Å². The van der Waals surface area contributed by atoms with Gasteiger partial charge in [-0.05, 0) is 42.5 Å². The molecule has 0 aliphatic carbocycles. The van der Waals surface area contributed by atoms with Gasteiger partial charge in [0.1, 0.15) is 22.0 Å². The van der Waals surface area contributed by atoms with E-state index in [1.54, 1.807) is 18.2 Å². The second-order valence-electron chi connectivity index (χ2n) is 6.74. The van der Waals surface area contributed by atoms with Crippen molar-refractivity contribution in [1.29, 1.82) is 0 Å². The van der Waals surface area contributed by atoms with Crippen LogP contribution in [0.3, 0.4) is 0 Å². The molecule has 0 aliphatic heterocycles. The fourth-order valence-corrected chi connectivity index (χ4v) is 5.04. The Labute approximate surface area is 203 Å². The minimum absolute atomic E-state index is 0.171. The van der Waals surface area contributed by atoms with Gasteiger partial charge in [0.2, 0.25) is 0 Å². The zero-order valence-corrected chi connectivity index (χ0v) is 20.4. The summed E-state index contributed by atoms with van der Waals surface area (Å²) in [6.45, 7) is 0. The Bertz CT molecular complexity index is 1480. The first-order valence-electron chi connectivity index (χ1n) is 9.33. The predicted molar refractivity (Wildman–Crippen MR) is 126 cm³/mol. The molecule has 0 unspecified atom stereocenters. The Balaban J connectivity index is 2.03. The van der Waals surface area contributed by atoms with E-state index >= 15 is 0 Å². The average Bonchev–Trinajstić information content (AvgIpc) is 3.14. The van der Waals surface area contributed by atoms with Crippen LogP contribution in [0.4, 0.5) is 13.2 Å². The molecule has 0 aliphatic rings. The quantitative estimate of drug-likeness (QED) is 0.226. The van der Waals surface area contributed by atoms with E-state index < -0.39 is 17.3 Å². The van der Waals surface area contributed by atoms with Gasteiger partial charge in [-0.15, -0.1) is 0 Å². The van der Waals surface area contributed by atoms with Crippen LogP contribution in [0.25, 0.3) is 21.7 Å². The third-order valence-electron chi connectivity index (χ3n) is 4.86. The zero-order chi connectivity index (χ0) is 23.9. The van der Waals surface area contributed by atoms with Crippen LogP contribution >= 0.6 is 39.5 Å². The van der Waals surface area contributed by atoms with E-state index in [0.29, 0.717) is 23.0 Å². The molecule has 0 fully saturated rings. The second-order valence-corrected chi connectivity index (χ2v) is 8.95. The summed E-state index contributed by atoms with van der Waals surface area (Å²) < 4.78 is 53.6. The molecule has 0 spiro atoms. The Hall–Kier alpha value is -2.70. The number of thiazole rings is 1. The van der Waals surface area contributed by atoms with Crippen LogP contribution in [0, 0.1) is 3.95 Å². The molecule has 33 heavy (non-hydrogen) atoms. The number of ether oxygens (including phenoxy) is 2. The lowest BCUT2D eigenvalue weighted by Gasteiger charge is -2.16. The van der Waals surface area contributed by atoms with E-state index in [4.69, 9.17) is 21.7 Å². The van der Waals surface area contributed by atoms with Crippen molar-refractivity contribution in [2.45, 2.75) is 11.5 Å². The molecule has 0 bridgehead atoms. The number of halogens is 4. The average molecular weight is 558 g/mol. The van der Waals surface area contributed by atoms with Crippen LogP contribution in [0.15, 0.2) is 47.3 Å². The molecule has 0 radical (unpaired) electrons. The van der Waals surface area contributed by atoms with Crippen molar-refractivity contribution in [3.8, 4) is 22.9 Å². The topological polar surface area (TPSA) is 58.3 Å². The summed E-state index contributed by atoms with van der Waals surface area (Å²) in [6.07, 6.45) is -4.52. The van der Waals surface area contributed by atoms with Gasteiger partial charge in [-0.1, -0.05) is 33.3 Å². The molecule has 172 valence electrons. The van der Waals surface area contributed by atoms with E-state index in [1.165, 1.54) is 35.5 Å². The fraction of sp³-hybridized carbons (Fsp3) is 0.190. The first-order chi connectivity index (χ1) is 15.7. The molecule has 2 heterocycles. The molecule has 6 nitrogen and oxygen atoms in total. The van der Waals surface area contributed by atoms with Crippen molar-refractivity contribution >= 4 is 49.8 Å². The number of nitrogens with zero attached hydrogens (tertiary/aromatic N) is 3. The van der Waals surface area contributed by atoms with Crippen LogP contribution in [0.5, 0.6) is 11.5 Å². The van der Waals surface area contributed by atoms with Gasteiger partial charge < -0.3 is 9.47 Å². The van der Waals surface area contributed by atoms with Crippen molar-refractivity contribution in [3.05, 3.63) is 68.2 Å². The van der Waals surface area contributed by atoms with Gasteiger partial charge in [-0.3, -0.25) is 13.9 Å². The minimum atomic E-state index is -4.52. The Morgan fingerprint density at radius 3 is 2.52 bits per heavy atom. The van der Waals surface area contributed by atoms with E-state index in [2.05, 4.69) is 20.9 Å². The van der Waals surface area contributed by atoms with Gasteiger partial charge in [0, 0.05) is 11.8 Å². The Kier molecular flexibility index (Phi) is 6.34. The van der Waals surface area contributed by atoms with Crippen molar-refractivity contribution in [1.82, 2.24) is 14.1 Å². The highest BCUT2D eigenvalue weighted by Crippen LogP contribution is 2.33.